The van der Waals surface area contributed by atoms with E-state index in [0.29, 0.717) is 12.8 Å². The smallest absolute Gasteiger partial charge is 0.220 e. The number of amides is 2. The lowest BCUT2D eigenvalue weighted by molar-refractivity contribution is -0.393. The number of hydrogen-bond donors (Lipinski definition) is 20. The molecule has 34 nitrogen and oxygen atoms in total. The minimum absolute atomic E-state index is 0.186. The van der Waals surface area contributed by atoms with E-state index in [1.807, 2.05) is 6.08 Å². The maximum Gasteiger partial charge on any atom is 0.220 e. The number of carbonyl (C=O) groups excluding carboxylic acids is 2. The second-order valence-corrected chi connectivity index (χ2v) is 32.7. The van der Waals surface area contributed by atoms with Gasteiger partial charge < -0.3 is 159 Å². The molecule has 116 heavy (non-hydrogen) atoms. The Bertz CT molecular complexity index is 2600. The van der Waals surface area contributed by atoms with Crippen LogP contribution in [0.2, 0.25) is 0 Å². The second kappa shape index (κ2) is 56.4. The normalized spacial score (nSPS) is 36.4. The van der Waals surface area contributed by atoms with Gasteiger partial charge in [-0.1, -0.05) is 231 Å². The SMILES string of the molecule is CCCCCCCCCCCCC/C=C/[C@@H](O)[C@H](CO[C@@H]1OC(CO)[C@@H](O[C@@H]2OC(CO)[C@H](O[C@@H]3OC(CO)[C@H](O)[C@H](O[C@@H]4OC(CO)[C@H](O)[C@H](O[C@@H]5OC(CO)[C@H](O)[C@H](O)C5O[C@H]5OC(C)[C@@H](O)C(O)[C@@H]5O)C4NC(C)=O)C3O)[C@H](O)C2O)[C@H](O)C1O)NC(=O)CCCCCCCCCCCCCCCCCCCCCCCCC. The molecule has 6 saturated heterocycles. The number of aliphatic hydroxyl groups excluding tert-OH is 18. The highest BCUT2D eigenvalue weighted by atomic mass is 16.8. The van der Waals surface area contributed by atoms with Gasteiger partial charge in [0, 0.05) is 13.3 Å². The maximum atomic E-state index is 13.6. The fourth-order valence-corrected chi connectivity index (χ4v) is 16.0. The Labute approximate surface area is 685 Å². The van der Waals surface area contributed by atoms with Gasteiger partial charge in [-0.05, 0) is 26.2 Å². The summed E-state index contributed by atoms with van der Waals surface area (Å²) >= 11 is 0. The molecule has 6 aliphatic rings. The molecule has 32 atom stereocenters. The molecule has 0 spiro atoms. The van der Waals surface area contributed by atoms with E-state index in [9.17, 15) is 102 Å². The highest BCUT2D eigenvalue weighted by molar-refractivity contribution is 5.76. The first-order valence-electron chi connectivity index (χ1n) is 43.8. The van der Waals surface area contributed by atoms with Gasteiger partial charge in [-0.25, -0.2) is 0 Å². The lowest BCUT2D eigenvalue weighted by atomic mass is 9.94. The molecule has 12 unspecified atom stereocenters. The largest absolute Gasteiger partial charge is 0.394 e. The van der Waals surface area contributed by atoms with Gasteiger partial charge in [0.05, 0.1) is 57.9 Å². The minimum Gasteiger partial charge on any atom is -0.394 e. The summed E-state index contributed by atoms with van der Waals surface area (Å²) in [5.41, 5.74) is 0. The molecule has 0 saturated carbocycles. The molecule has 6 heterocycles. The number of nitrogens with one attached hydrogen (secondary N) is 2. The van der Waals surface area contributed by atoms with Crippen LogP contribution in [0.4, 0.5) is 0 Å². The molecular formula is C82H150N2O32. The fraction of sp³-hybridized carbons (Fsp3) is 0.951. The average molecular weight is 1680 g/mol. The molecule has 0 aliphatic carbocycles. The molecule has 6 fully saturated rings. The number of allylic oxidation sites excluding steroid dienone is 1. The first-order valence-corrected chi connectivity index (χ1v) is 43.8. The van der Waals surface area contributed by atoms with Crippen molar-refractivity contribution in [3.05, 3.63) is 12.2 Å². The van der Waals surface area contributed by atoms with Gasteiger partial charge in [-0.2, -0.15) is 0 Å². The highest BCUT2D eigenvalue weighted by Gasteiger charge is 2.58. The van der Waals surface area contributed by atoms with Crippen molar-refractivity contribution in [2.45, 2.75) is 455 Å². The van der Waals surface area contributed by atoms with Gasteiger partial charge in [0.2, 0.25) is 11.8 Å². The van der Waals surface area contributed by atoms with E-state index in [-0.39, 0.29) is 12.3 Å². The lowest BCUT2D eigenvalue weighted by Crippen LogP contribution is -2.70. The van der Waals surface area contributed by atoms with Gasteiger partial charge in [0.25, 0.3) is 0 Å². The van der Waals surface area contributed by atoms with Crippen LogP contribution in [0.1, 0.15) is 259 Å². The van der Waals surface area contributed by atoms with Crippen molar-refractivity contribution in [3.63, 3.8) is 0 Å². The summed E-state index contributed by atoms with van der Waals surface area (Å²) in [6.45, 7) is 1.39. The summed E-state index contributed by atoms with van der Waals surface area (Å²) in [6.07, 6.45) is -10.4. The third-order valence-electron chi connectivity index (χ3n) is 23.3. The quantitative estimate of drug-likeness (QED) is 0.0304. The van der Waals surface area contributed by atoms with Crippen molar-refractivity contribution in [1.82, 2.24) is 10.6 Å². The molecule has 0 aromatic heterocycles. The van der Waals surface area contributed by atoms with Gasteiger partial charge in [0.15, 0.2) is 37.7 Å². The lowest BCUT2D eigenvalue weighted by Gasteiger charge is -2.51. The predicted molar refractivity (Wildman–Crippen MR) is 418 cm³/mol. The second-order valence-electron chi connectivity index (χ2n) is 32.7. The first kappa shape index (κ1) is 102. The van der Waals surface area contributed by atoms with Crippen LogP contribution in [0.5, 0.6) is 0 Å². The molecule has 0 radical (unpaired) electrons. The Morgan fingerprint density at radius 1 is 0.353 bits per heavy atom. The maximum absolute atomic E-state index is 13.6. The fourth-order valence-electron chi connectivity index (χ4n) is 16.0. The molecular weight excluding hydrogens is 1520 g/mol. The minimum atomic E-state index is -2.25. The van der Waals surface area contributed by atoms with E-state index in [2.05, 4.69) is 24.5 Å². The van der Waals surface area contributed by atoms with Crippen LogP contribution in [0, 0.1) is 0 Å². The monoisotopic (exact) mass is 1680 g/mol. The third kappa shape index (κ3) is 32.5. The number of unbranched alkanes of at least 4 members (excludes halogenated alkanes) is 33. The van der Waals surface area contributed by atoms with Crippen LogP contribution in [-0.2, 0) is 66.4 Å². The molecule has 20 N–H and O–H groups in total. The Balaban J connectivity index is 1.03. The van der Waals surface area contributed by atoms with Gasteiger partial charge >= 0.3 is 0 Å². The molecule has 0 bridgehead atoms. The summed E-state index contributed by atoms with van der Waals surface area (Å²) in [7, 11) is 0. The Morgan fingerprint density at radius 2 is 0.698 bits per heavy atom. The van der Waals surface area contributed by atoms with Crippen LogP contribution in [0.15, 0.2) is 12.2 Å². The number of hydrogen-bond acceptors (Lipinski definition) is 32. The Hall–Kier alpha value is -2.52. The first-order chi connectivity index (χ1) is 55.9. The molecule has 0 aromatic rings. The topological polar surface area (TPSA) is 533 Å². The number of rotatable bonds is 58. The number of aliphatic hydroxyl groups is 18. The van der Waals surface area contributed by atoms with Gasteiger partial charge in [-0.15, -0.1) is 0 Å². The molecule has 6 rings (SSSR count). The molecule has 680 valence electrons. The molecule has 2 amide bonds. The summed E-state index contributed by atoms with van der Waals surface area (Å²) in [4.78, 5) is 26.6. The van der Waals surface area contributed by atoms with Crippen molar-refractivity contribution in [3.8, 4) is 0 Å². The number of ether oxygens (including phenoxy) is 12. The zero-order valence-electron chi connectivity index (χ0n) is 69.1. The summed E-state index contributed by atoms with van der Waals surface area (Å²) < 4.78 is 70.9. The highest BCUT2D eigenvalue weighted by Crippen LogP contribution is 2.38. The van der Waals surface area contributed by atoms with E-state index < -0.39 is 242 Å². The van der Waals surface area contributed by atoms with E-state index in [1.54, 1.807) is 6.08 Å². The van der Waals surface area contributed by atoms with Crippen LogP contribution in [-0.4, -0.2) is 340 Å². The van der Waals surface area contributed by atoms with Crippen LogP contribution in [0.3, 0.4) is 0 Å². The number of carbonyl (C=O) groups is 2. The Kier molecular flexibility index (Phi) is 49.7. The average Bonchev–Trinajstić information content (AvgIpc) is 0.762. The van der Waals surface area contributed by atoms with Crippen LogP contribution in [0.25, 0.3) is 0 Å². The third-order valence-corrected chi connectivity index (χ3v) is 23.3. The van der Waals surface area contributed by atoms with Crippen molar-refractivity contribution in [2.24, 2.45) is 0 Å². The molecule has 6 aliphatic heterocycles. The summed E-state index contributed by atoms with van der Waals surface area (Å²) in [5.74, 6) is -1.20. The molecule has 34 heteroatoms. The van der Waals surface area contributed by atoms with Gasteiger partial charge in [0.1, 0.15) is 140 Å². The van der Waals surface area contributed by atoms with Crippen molar-refractivity contribution in [1.29, 1.82) is 0 Å². The van der Waals surface area contributed by atoms with Crippen molar-refractivity contribution in [2.75, 3.05) is 39.6 Å². The standard InChI is InChI=1S/C82H150N2O32/c1-5-7-9-11-13-15-17-19-20-21-22-23-24-25-26-27-28-30-32-34-36-38-40-42-58(92)84-51(52(91)41-39-37-35-33-31-29-18-16-14-12-10-8-6-2)48-105-78-69(102)66(99)72(56(46-88)110-78)112-80-70(103)67(100)73(57(47-89)111-80)113-81-71(104)75(63(96)55(45-87)108-81)115-77-59(83-50(4)90)74(62(95)54(44-86)107-77)114-82-76(65(98)61(94)53(43-85)109-82)116-79-68(101)64(97)60(93)49(3)106-79/h39,41,49,51-57,59-82,85-89,91,93-104H,5-38,40,42-48H2,1-4H3,(H,83,90)(H,84,92)/b41-39+/t49?,51-,52+,53?,54?,55?,56?,57?,59?,60+,61-,62-,63-,64?,65-,66+,67+,68-,69?,70?,71?,72+,73-,74+,75-,76?,77-,78+,79+,80-,81-,82-/m0/s1. The predicted octanol–water partition coefficient (Wildman–Crippen LogP) is 1.58. The van der Waals surface area contributed by atoms with E-state index >= 15 is 0 Å². The van der Waals surface area contributed by atoms with E-state index in [4.69, 9.17) is 56.8 Å². The zero-order chi connectivity index (χ0) is 84.6. The van der Waals surface area contributed by atoms with Gasteiger partial charge in [-0.3, -0.25) is 9.59 Å². The summed E-state index contributed by atoms with van der Waals surface area (Å²) in [6, 6.07) is -2.87. The Morgan fingerprint density at radius 3 is 1.16 bits per heavy atom. The van der Waals surface area contributed by atoms with Crippen LogP contribution >= 0.6 is 0 Å². The van der Waals surface area contributed by atoms with Crippen LogP contribution < -0.4 is 10.6 Å². The van der Waals surface area contributed by atoms with E-state index in [1.165, 1.54) is 167 Å². The van der Waals surface area contributed by atoms with Crippen molar-refractivity contribution < 1.29 is 158 Å². The van der Waals surface area contributed by atoms with Crippen molar-refractivity contribution >= 4 is 11.8 Å². The zero-order valence-corrected chi connectivity index (χ0v) is 69.1. The van der Waals surface area contributed by atoms with E-state index in [0.717, 1.165) is 58.3 Å². The molecule has 0 aromatic carbocycles. The summed E-state index contributed by atoms with van der Waals surface area (Å²) in [5, 5.41) is 206.